The molecule has 0 bridgehead atoms. The van der Waals surface area contributed by atoms with Gasteiger partial charge in [0.25, 0.3) is 0 Å². The van der Waals surface area contributed by atoms with Gasteiger partial charge in [-0.1, -0.05) is 30.3 Å². The minimum Gasteiger partial charge on any atom is -0.443 e. The van der Waals surface area contributed by atoms with Crippen LogP contribution in [0.2, 0.25) is 6.04 Å². The molecule has 2 N–H and O–H groups in total. The van der Waals surface area contributed by atoms with Crippen LogP contribution in [0.15, 0.2) is 30.3 Å². The van der Waals surface area contributed by atoms with Crippen LogP contribution in [-0.4, -0.2) is 52.7 Å². The van der Waals surface area contributed by atoms with Crippen molar-refractivity contribution >= 4 is 14.9 Å². The Morgan fingerprint density at radius 1 is 1.15 bits per heavy atom. The molecule has 1 aromatic heterocycles. The van der Waals surface area contributed by atoms with Crippen LogP contribution in [0.4, 0.5) is 4.79 Å². The Labute approximate surface area is 160 Å². The highest BCUT2D eigenvalue weighted by Gasteiger charge is 2.36. The predicted molar refractivity (Wildman–Crippen MR) is 103 cm³/mol. The minimum absolute atomic E-state index is 0.129. The molecule has 1 heterocycles. The second-order valence-corrected chi connectivity index (χ2v) is 9.01. The molecule has 0 saturated carbocycles. The van der Waals surface area contributed by atoms with E-state index in [-0.39, 0.29) is 6.61 Å². The molecule has 0 radical (unpaired) electrons. The highest BCUT2D eigenvalue weighted by Crippen LogP contribution is 2.18. The minimum atomic E-state index is -2.60. The SMILES string of the molecule is CO[Si](CCCNC(=O)OCc1[nH]c(-c2ccccc2)nc1C)(OC)OC. The number of rotatable bonds is 10. The van der Waals surface area contributed by atoms with Crippen molar-refractivity contribution in [3.05, 3.63) is 41.7 Å². The first-order valence-corrected chi connectivity index (χ1v) is 10.6. The first-order chi connectivity index (χ1) is 13.0. The lowest BCUT2D eigenvalue weighted by Gasteiger charge is -2.24. The molecule has 9 heteroatoms. The summed E-state index contributed by atoms with van der Waals surface area (Å²) in [6.45, 7) is 2.45. The predicted octanol–water partition coefficient (Wildman–Crippen LogP) is 2.88. The molecule has 0 atom stereocenters. The summed E-state index contributed by atoms with van der Waals surface area (Å²) in [5, 5.41) is 2.72. The van der Waals surface area contributed by atoms with Gasteiger partial charge in [-0.2, -0.15) is 0 Å². The molecule has 27 heavy (non-hydrogen) atoms. The average molecular weight is 394 g/mol. The van der Waals surface area contributed by atoms with Gasteiger partial charge in [-0.05, 0) is 13.3 Å². The van der Waals surface area contributed by atoms with E-state index in [1.165, 1.54) is 0 Å². The molecule has 0 saturated heterocycles. The standard InChI is InChI=1S/C18H27N3O5Si/c1-14-16(21-17(20-14)15-9-6-5-7-10-15)13-26-18(22)19-11-8-12-27(23-2,24-3)25-4/h5-7,9-10H,8,11-13H2,1-4H3,(H,19,22)(H,20,21). The number of nitrogens with one attached hydrogen (secondary N) is 2. The zero-order chi connectivity index (χ0) is 19.7. The molecule has 0 aliphatic rings. The highest BCUT2D eigenvalue weighted by atomic mass is 28.4. The maximum absolute atomic E-state index is 11.9. The van der Waals surface area contributed by atoms with Crippen molar-refractivity contribution in [2.75, 3.05) is 27.9 Å². The van der Waals surface area contributed by atoms with E-state index >= 15 is 0 Å². The van der Waals surface area contributed by atoms with Crippen molar-refractivity contribution in [1.29, 1.82) is 0 Å². The summed E-state index contributed by atoms with van der Waals surface area (Å²) >= 11 is 0. The molecule has 2 aromatic rings. The van der Waals surface area contributed by atoms with Gasteiger partial charge in [0, 0.05) is 39.5 Å². The number of hydrogen-bond acceptors (Lipinski definition) is 6. The molecule has 0 unspecified atom stereocenters. The molecule has 8 nitrogen and oxygen atoms in total. The van der Waals surface area contributed by atoms with E-state index in [0.717, 1.165) is 22.8 Å². The van der Waals surface area contributed by atoms with E-state index in [9.17, 15) is 4.79 Å². The van der Waals surface area contributed by atoms with E-state index < -0.39 is 14.9 Å². The largest absolute Gasteiger partial charge is 0.500 e. The fourth-order valence-electron chi connectivity index (χ4n) is 2.61. The molecule has 148 valence electrons. The van der Waals surface area contributed by atoms with Crippen LogP contribution in [0.5, 0.6) is 0 Å². The van der Waals surface area contributed by atoms with Gasteiger partial charge in [0.1, 0.15) is 12.4 Å². The number of aryl methyl sites for hydroxylation is 1. The van der Waals surface area contributed by atoms with E-state index in [4.69, 9.17) is 18.0 Å². The van der Waals surface area contributed by atoms with Crippen molar-refractivity contribution in [2.45, 2.75) is 26.0 Å². The fraction of sp³-hybridized carbons (Fsp3) is 0.444. The van der Waals surface area contributed by atoms with Crippen LogP contribution in [0, 0.1) is 6.92 Å². The maximum Gasteiger partial charge on any atom is 0.500 e. The number of amides is 1. The van der Waals surface area contributed by atoms with Crippen LogP contribution < -0.4 is 5.32 Å². The van der Waals surface area contributed by atoms with E-state index in [1.54, 1.807) is 21.3 Å². The smallest absolute Gasteiger partial charge is 0.443 e. The molecule has 0 fully saturated rings. The lowest BCUT2D eigenvalue weighted by molar-refractivity contribution is 0.121. The number of ether oxygens (including phenoxy) is 1. The van der Waals surface area contributed by atoms with Gasteiger partial charge in [-0.15, -0.1) is 0 Å². The molecular formula is C18H27N3O5Si. The van der Waals surface area contributed by atoms with Gasteiger partial charge in [0.2, 0.25) is 0 Å². The van der Waals surface area contributed by atoms with Crippen LogP contribution in [-0.2, 0) is 24.6 Å². The number of H-pyrrole nitrogens is 1. The quantitative estimate of drug-likeness (QED) is 0.476. The second-order valence-electron chi connectivity index (χ2n) is 5.92. The number of aromatic amines is 1. The fourth-order valence-corrected chi connectivity index (χ4v) is 4.33. The van der Waals surface area contributed by atoms with Crippen molar-refractivity contribution in [3.63, 3.8) is 0 Å². The zero-order valence-corrected chi connectivity index (χ0v) is 17.2. The van der Waals surface area contributed by atoms with Gasteiger partial charge in [0.15, 0.2) is 0 Å². The third-order valence-electron chi connectivity index (χ3n) is 4.24. The number of alkyl carbamates (subject to hydrolysis) is 1. The third-order valence-corrected chi connectivity index (χ3v) is 7.07. The van der Waals surface area contributed by atoms with Crippen LogP contribution >= 0.6 is 0 Å². The van der Waals surface area contributed by atoms with Gasteiger partial charge in [0.05, 0.1) is 11.4 Å². The topological polar surface area (TPSA) is 94.7 Å². The van der Waals surface area contributed by atoms with Crippen molar-refractivity contribution in [3.8, 4) is 11.4 Å². The molecule has 0 spiro atoms. The summed E-state index contributed by atoms with van der Waals surface area (Å²) in [5.41, 5.74) is 2.56. The number of imidazole rings is 1. The second kappa shape index (κ2) is 10.2. The Bertz CT molecular complexity index is 711. The molecule has 1 aromatic carbocycles. The molecule has 1 amide bonds. The summed E-state index contributed by atoms with van der Waals surface area (Å²) < 4.78 is 21.3. The zero-order valence-electron chi connectivity index (χ0n) is 16.2. The van der Waals surface area contributed by atoms with E-state index in [1.807, 2.05) is 37.3 Å². The number of benzene rings is 1. The van der Waals surface area contributed by atoms with Crippen LogP contribution in [0.25, 0.3) is 11.4 Å². The van der Waals surface area contributed by atoms with Crippen LogP contribution in [0.3, 0.4) is 0 Å². The monoisotopic (exact) mass is 393 g/mol. The lowest BCUT2D eigenvalue weighted by atomic mass is 10.2. The average Bonchev–Trinajstić information content (AvgIpc) is 3.08. The van der Waals surface area contributed by atoms with Crippen molar-refractivity contribution in [1.82, 2.24) is 15.3 Å². The van der Waals surface area contributed by atoms with Crippen molar-refractivity contribution < 1.29 is 22.8 Å². The van der Waals surface area contributed by atoms with E-state index in [2.05, 4.69) is 15.3 Å². The van der Waals surface area contributed by atoms with Gasteiger partial charge >= 0.3 is 14.9 Å². The Kier molecular flexibility index (Phi) is 7.98. The lowest BCUT2D eigenvalue weighted by Crippen LogP contribution is -2.43. The van der Waals surface area contributed by atoms with E-state index in [0.29, 0.717) is 19.0 Å². The van der Waals surface area contributed by atoms with Gasteiger partial charge in [-0.25, -0.2) is 9.78 Å². The number of carbonyl (C=O) groups excluding carboxylic acids is 1. The highest BCUT2D eigenvalue weighted by molar-refractivity contribution is 6.60. The Morgan fingerprint density at radius 3 is 2.44 bits per heavy atom. The summed E-state index contributed by atoms with van der Waals surface area (Å²) in [6.07, 6.45) is 0.183. The summed E-state index contributed by atoms with van der Waals surface area (Å²) in [7, 11) is 2.10. The van der Waals surface area contributed by atoms with Gasteiger partial charge < -0.3 is 28.3 Å². The molecular weight excluding hydrogens is 366 g/mol. The maximum atomic E-state index is 11.9. The molecule has 0 aliphatic heterocycles. The van der Waals surface area contributed by atoms with Gasteiger partial charge in [-0.3, -0.25) is 0 Å². The summed E-state index contributed by atoms with van der Waals surface area (Å²) in [6, 6.07) is 10.4. The van der Waals surface area contributed by atoms with Crippen LogP contribution in [0.1, 0.15) is 17.8 Å². The summed E-state index contributed by atoms with van der Waals surface area (Å²) in [5.74, 6) is 0.757. The number of hydrogen-bond donors (Lipinski definition) is 2. The number of carbonyl (C=O) groups is 1. The summed E-state index contributed by atoms with van der Waals surface area (Å²) in [4.78, 5) is 19.6. The first kappa shape index (κ1) is 21.1. The van der Waals surface area contributed by atoms with Crippen molar-refractivity contribution in [2.24, 2.45) is 0 Å². The normalized spacial score (nSPS) is 11.4. The number of nitrogens with zero attached hydrogens (tertiary/aromatic N) is 1. The third kappa shape index (κ3) is 5.89. The Morgan fingerprint density at radius 2 is 1.81 bits per heavy atom. The Balaban J connectivity index is 1.77. The Hall–Kier alpha value is -2.20. The number of aromatic nitrogens is 2. The first-order valence-electron chi connectivity index (χ1n) is 8.70. The molecule has 0 aliphatic carbocycles. The molecule has 2 rings (SSSR count).